The van der Waals surface area contributed by atoms with Crippen LogP contribution in [0.1, 0.15) is 45.2 Å². The molecule has 0 saturated carbocycles. The van der Waals surface area contributed by atoms with Crippen molar-refractivity contribution < 1.29 is 27.8 Å². The van der Waals surface area contributed by atoms with Crippen LogP contribution >= 0.6 is 0 Å². The van der Waals surface area contributed by atoms with Crippen LogP contribution in [0.15, 0.2) is 30.4 Å². The number of likely N-dealkylation sites (tertiary alicyclic amines) is 1. The highest BCUT2D eigenvalue weighted by molar-refractivity contribution is 5.82. The highest BCUT2D eigenvalue weighted by atomic mass is 19.1. The Morgan fingerprint density at radius 1 is 1.23 bits per heavy atom. The van der Waals surface area contributed by atoms with Gasteiger partial charge in [-0.05, 0) is 39.7 Å². The smallest absolute Gasteiger partial charge is 0.411 e. The van der Waals surface area contributed by atoms with E-state index in [1.165, 1.54) is 30.2 Å². The first-order valence-electron chi connectivity index (χ1n) is 8.35. The number of esters is 1. The van der Waals surface area contributed by atoms with E-state index in [0.29, 0.717) is 12.8 Å². The fourth-order valence-electron chi connectivity index (χ4n) is 2.94. The van der Waals surface area contributed by atoms with Crippen LogP contribution < -0.4 is 0 Å². The Morgan fingerprint density at radius 3 is 2.50 bits per heavy atom. The highest BCUT2D eigenvalue weighted by Crippen LogP contribution is 2.39. The second kappa shape index (κ2) is 7.85. The quantitative estimate of drug-likeness (QED) is 0.595. The number of hydrogen-bond donors (Lipinski definition) is 0. The average Bonchev–Trinajstić information content (AvgIpc) is 2.94. The Morgan fingerprint density at radius 2 is 1.92 bits per heavy atom. The van der Waals surface area contributed by atoms with Crippen LogP contribution in [0.4, 0.5) is 13.6 Å². The van der Waals surface area contributed by atoms with Crippen LogP contribution in [0.3, 0.4) is 0 Å². The number of carbonyl (C=O) groups is 2. The molecule has 0 spiro atoms. The van der Waals surface area contributed by atoms with E-state index in [-0.39, 0.29) is 5.56 Å². The Balaban J connectivity index is 2.35. The van der Waals surface area contributed by atoms with Crippen LogP contribution in [0.2, 0.25) is 0 Å². The summed E-state index contributed by atoms with van der Waals surface area (Å²) in [6.07, 6.45) is 3.11. The summed E-state index contributed by atoms with van der Waals surface area (Å²) in [4.78, 5) is 25.5. The van der Waals surface area contributed by atoms with Crippen molar-refractivity contribution in [2.24, 2.45) is 0 Å². The van der Waals surface area contributed by atoms with E-state index in [9.17, 15) is 18.4 Å². The summed E-state index contributed by atoms with van der Waals surface area (Å²) >= 11 is 0. The molecule has 1 fully saturated rings. The summed E-state index contributed by atoms with van der Waals surface area (Å²) in [7, 11) is 1.25. The van der Waals surface area contributed by atoms with Crippen LogP contribution in [-0.4, -0.2) is 35.7 Å². The van der Waals surface area contributed by atoms with Crippen LogP contribution in [0, 0.1) is 11.6 Å². The topological polar surface area (TPSA) is 55.8 Å². The SMILES string of the molecule is COC(=O)C=C[C@H]1CC[C@@H](c2ccc(F)cc2F)N1C(=O)OC(C)(C)C. The van der Waals surface area contributed by atoms with Crippen molar-refractivity contribution in [1.82, 2.24) is 4.90 Å². The van der Waals surface area contributed by atoms with E-state index in [4.69, 9.17) is 4.74 Å². The van der Waals surface area contributed by atoms with Gasteiger partial charge in [-0.3, -0.25) is 4.90 Å². The monoisotopic (exact) mass is 367 g/mol. The van der Waals surface area contributed by atoms with E-state index < -0.39 is 41.4 Å². The van der Waals surface area contributed by atoms with Gasteiger partial charge < -0.3 is 9.47 Å². The molecule has 0 radical (unpaired) electrons. The van der Waals surface area contributed by atoms with E-state index in [1.807, 2.05) is 0 Å². The third kappa shape index (κ3) is 4.80. The van der Waals surface area contributed by atoms with Gasteiger partial charge in [0.2, 0.25) is 0 Å². The Kier molecular flexibility index (Phi) is 6.00. The van der Waals surface area contributed by atoms with Crippen molar-refractivity contribution in [3.05, 3.63) is 47.5 Å². The number of hydrogen-bond acceptors (Lipinski definition) is 4. The largest absolute Gasteiger partial charge is 0.466 e. The number of benzene rings is 1. The molecule has 0 bridgehead atoms. The second-order valence-corrected chi connectivity index (χ2v) is 7.10. The molecular formula is C19H23F2NO4. The van der Waals surface area contributed by atoms with Crippen molar-refractivity contribution in [3.63, 3.8) is 0 Å². The maximum absolute atomic E-state index is 14.3. The van der Waals surface area contributed by atoms with Gasteiger partial charge in [0.1, 0.15) is 17.2 Å². The highest BCUT2D eigenvalue weighted by Gasteiger charge is 2.40. The molecule has 1 amide bonds. The standard InChI is InChI=1S/C19H23F2NO4/c1-19(2,3)26-18(24)22-13(7-10-17(23)25-4)6-9-16(22)14-8-5-12(20)11-15(14)21/h5,7-8,10-11,13,16H,6,9H2,1-4H3/t13-,16+/m1/s1. The fraction of sp³-hybridized carbons (Fsp3) is 0.474. The number of amides is 1. The summed E-state index contributed by atoms with van der Waals surface area (Å²) < 4.78 is 37.5. The average molecular weight is 367 g/mol. The van der Waals surface area contributed by atoms with E-state index in [1.54, 1.807) is 20.8 Å². The molecule has 1 heterocycles. The maximum atomic E-state index is 14.3. The van der Waals surface area contributed by atoms with Gasteiger partial charge in [0.05, 0.1) is 19.2 Å². The van der Waals surface area contributed by atoms with E-state index in [2.05, 4.69) is 4.74 Å². The van der Waals surface area contributed by atoms with Crippen LogP contribution in [0.25, 0.3) is 0 Å². The van der Waals surface area contributed by atoms with Crippen molar-refractivity contribution in [1.29, 1.82) is 0 Å². The molecule has 2 rings (SSSR count). The number of nitrogens with zero attached hydrogens (tertiary/aromatic N) is 1. The third-order valence-corrected chi connectivity index (χ3v) is 4.01. The molecule has 2 atom stereocenters. The van der Waals surface area contributed by atoms with Gasteiger partial charge in [-0.1, -0.05) is 12.1 Å². The van der Waals surface area contributed by atoms with Crippen LogP contribution in [-0.2, 0) is 14.3 Å². The van der Waals surface area contributed by atoms with Crippen molar-refractivity contribution in [2.75, 3.05) is 7.11 Å². The number of ether oxygens (including phenoxy) is 2. The molecule has 142 valence electrons. The van der Waals surface area contributed by atoms with Gasteiger partial charge in [0.25, 0.3) is 0 Å². The molecule has 5 nitrogen and oxygen atoms in total. The molecule has 0 N–H and O–H groups in total. The predicted molar refractivity (Wildman–Crippen MR) is 91.4 cm³/mol. The molecule has 1 aromatic carbocycles. The van der Waals surface area contributed by atoms with Crippen LogP contribution in [0.5, 0.6) is 0 Å². The first-order chi connectivity index (χ1) is 12.1. The predicted octanol–water partition coefficient (Wildman–Crippen LogP) is 4.13. The summed E-state index contributed by atoms with van der Waals surface area (Å²) in [5.41, 5.74) is -0.520. The lowest BCUT2D eigenvalue weighted by atomic mass is 10.0. The van der Waals surface area contributed by atoms with Gasteiger partial charge in [-0.15, -0.1) is 0 Å². The van der Waals surface area contributed by atoms with Gasteiger partial charge in [-0.2, -0.15) is 0 Å². The molecule has 26 heavy (non-hydrogen) atoms. The Labute approximate surface area is 151 Å². The Hall–Kier alpha value is -2.44. The van der Waals surface area contributed by atoms with Gasteiger partial charge in [0, 0.05) is 17.7 Å². The summed E-state index contributed by atoms with van der Waals surface area (Å²) in [5, 5.41) is 0. The number of rotatable bonds is 3. The lowest BCUT2D eigenvalue weighted by Gasteiger charge is -2.32. The number of methoxy groups -OCH3 is 1. The molecule has 1 saturated heterocycles. The zero-order valence-corrected chi connectivity index (χ0v) is 15.3. The minimum Gasteiger partial charge on any atom is -0.466 e. The minimum atomic E-state index is -0.734. The molecule has 1 aliphatic rings. The maximum Gasteiger partial charge on any atom is 0.411 e. The first-order valence-corrected chi connectivity index (χ1v) is 8.35. The molecule has 7 heteroatoms. The molecule has 1 aromatic rings. The van der Waals surface area contributed by atoms with E-state index in [0.717, 1.165) is 12.1 Å². The third-order valence-electron chi connectivity index (χ3n) is 4.01. The van der Waals surface area contributed by atoms with Gasteiger partial charge in [0.15, 0.2) is 0 Å². The number of halogens is 2. The van der Waals surface area contributed by atoms with Crippen molar-refractivity contribution in [3.8, 4) is 0 Å². The molecule has 0 aliphatic carbocycles. The fourth-order valence-corrected chi connectivity index (χ4v) is 2.94. The number of carbonyl (C=O) groups excluding carboxylic acids is 2. The molecular weight excluding hydrogens is 344 g/mol. The van der Waals surface area contributed by atoms with Gasteiger partial charge >= 0.3 is 12.1 Å². The Bertz CT molecular complexity index is 712. The minimum absolute atomic E-state index is 0.214. The van der Waals surface area contributed by atoms with Gasteiger partial charge in [-0.25, -0.2) is 18.4 Å². The summed E-state index contributed by atoms with van der Waals surface area (Å²) in [5.74, 6) is -1.96. The molecule has 0 unspecified atom stereocenters. The normalized spacial score (nSPS) is 20.5. The van der Waals surface area contributed by atoms with Crippen molar-refractivity contribution in [2.45, 2.75) is 51.3 Å². The lowest BCUT2D eigenvalue weighted by Crippen LogP contribution is -2.40. The first kappa shape index (κ1) is 19.9. The lowest BCUT2D eigenvalue weighted by molar-refractivity contribution is -0.134. The second-order valence-electron chi connectivity index (χ2n) is 7.10. The van der Waals surface area contributed by atoms with Crippen molar-refractivity contribution >= 4 is 12.1 Å². The summed E-state index contributed by atoms with van der Waals surface area (Å²) in [6.45, 7) is 5.19. The molecule has 1 aliphatic heterocycles. The summed E-state index contributed by atoms with van der Waals surface area (Å²) in [6, 6.07) is 2.21. The zero-order valence-electron chi connectivity index (χ0n) is 15.3. The zero-order chi connectivity index (χ0) is 19.5. The molecule has 0 aromatic heterocycles. The van der Waals surface area contributed by atoms with E-state index >= 15 is 0 Å².